The first-order valence-corrected chi connectivity index (χ1v) is 7.36. The smallest absolute Gasteiger partial charge is 0.252 e. The van der Waals surface area contributed by atoms with Gasteiger partial charge in [-0.25, -0.2) is 0 Å². The Morgan fingerprint density at radius 1 is 1.22 bits per heavy atom. The van der Waals surface area contributed by atoms with Gasteiger partial charge in [-0.15, -0.1) is 0 Å². The maximum absolute atomic E-state index is 12.3. The summed E-state index contributed by atoms with van der Waals surface area (Å²) in [7, 11) is 1.46. The van der Waals surface area contributed by atoms with Crippen molar-refractivity contribution < 1.29 is 14.3 Å². The van der Waals surface area contributed by atoms with Gasteiger partial charge in [0.2, 0.25) is 5.91 Å². The summed E-state index contributed by atoms with van der Waals surface area (Å²) in [5.74, 6) is -0.624. The van der Waals surface area contributed by atoms with Gasteiger partial charge >= 0.3 is 0 Å². The van der Waals surface area contributed by atoms with Gasteiger partial charge in [-0.1, -0.05) is 41.9 Å². The Morgan fingerprint density at radius 3 is 2.52 bits per heavy atom. The van der Waals surface area contributed by atoms with Gasteiger partial charge in [0.05, 0.1) is 12.1 Å². The number of nitrogens with one attached hydrogen (secondary N) is 1. The van der Waals surface area contributed by atoms with Crippen molar-refractivity contribution in [3.63, 3.8) is 0 Å². The Kier molecular flexibility index (Phi) is 5.60. The second-order valence-corrected chi connectivity index (χ2v) is 5.37. The molecule has 2 amide bonds. The third-order valence-corrected chi connectivity index (χ3v) is 3.66. The Balaban J connectivity index is 2.13. The van der Waals surface area contributed by atoms with Gasteiger partial charge in [-0.05, 0) is 23.8 Å². The monoisotopic (exact) mass is 332 g/mol. The molecule has 0 aliphatic heterocycles. The Morgan fingerprint density at radius 2 is 1.91 bits per heavy atom. The molecule has 0 fully saturated rings. The summed E-state index contributed by atoms with van der Waals surface area (Å²) in [6.07, 6.45) is 0.326. The van der Waals surface area contributed by atoms with E-state index in [2.05, 4.69) is 5.32 Å². The van der Waals surface area contributed by atoms with Crippen LogP contribution in [-0.2, 0) is 11.2 Å². The van der Waals surface area contributed by atoms with E-state index >= 15 is 0 Å². The molecule has 0 spiro atoms. The average molecular weight is 333 g/mol. The molecule has 120 valence electrons. The zero-order chi connectivity index (χ0) is 16.8. The van der Waals surface area contributed by atoms with Gasteiger partial charge in [-0.2, -0.15) is 0 Å². The van der Waals surface area contributed by atoms with Crippen LogP contribution in [0.3, 0.4) is 0 Å². The molecule has 0 saturated heterocycles. The highest BCUT2D eigenvalue weighted by atomic mass is 35.5. The lowest BCUT2D eigenvalue weighted by molar-refractivity contribution is -0.119. The van der Waals surface area contributed by atoms with Crippen molar-refractivity contribution >= 4 is 23.4 Å². The van der Waals surface area contributed by atoms with Crippen LogP contribution in [0.1, 0.15) is 15.9 Å². The van der Waals surface area contributed by atoms with Crippen LogP contribution < -0.4 is 15.8 Å². The lowest BCUT2D eigenvalue weighted by Gasteiger charge is -2.16. The summed E-state index contributed by atoms with van der Waals surface area (Å²) in [6, 6.07) is 13.2. The molecular weight excluding hydrogens is 316 g/mol. The number of primary amides is 1. The molecule has 2 aromatic carbocycles. The minimum absolute atomic E-state index is 0.326. The predicted octanol–water partition coefficient (Wildman–Crippen LogP) is 2.17. The second-order valence-electron chi connectivity index (χ2n) is 4.97. The first-order valence-electron chi connectivity index (χ1n) is 6.99. The highest BCUT2D eigenvalue weighted by molar-refractivity contribution is 6.32. The van der Waals surface area contributed by atoms with Gasteiger partial charge < -0.3 is 15.8 Å². The van der Waals surface area contributed by atoms with Crippen LogP contribution in [0.15, 0.2) is 48.5 Å². The quantitative estimate of drug-likeness (QED) is 0.850. The Bertz CT molecular complexity index is 704. The first kappa shape index (κ1) is 16.8. The van der Waals surface area contributed by atoms with Crippen LogP contribution in [0.2, 0.25) is 5.02 Å². The number of halogens is 1. The van der Waals surface area contributed by atoms with Crippen molar-refractivity contribution in [2.24, 2.45) is 5.73 Å². The number of carbonyl (C=O) groups is 2. The van der Waals surface area contributed by atoms with Crippen molar-refractivity contribution in [1.82, 2.24) is 5.32 Å². The van der Waals surface area contributed by atoms with Crippen LogP contribution in [0, 0.1) is 0 Å². The van der Waals surface area contributed by atoms with Crippen molar-refractivity contribution in [1.29, 1.82) is 0 Å². The van der Waals surface area contributed by atoms with Gasteiger partial charge in [-0.3, -0.25) is 9.59 Å². The SMILES string of the molecule is COc1cc(C(=O)N[C@H](Cc2ccccc2)C(N)=O)ccc1Cl. The summed E-state index contributed by atoms with van der Waals surface area (Å²) in [4.78, 5) is 23.9. The lowest BCUT2D eigenvalue weighted by Crippen LogP contribution is -2.45. The molecule has 6 heteroatoms. The fourth-order valence-electron chi connectivity index (χ4n) is 2.12. The molecule has 23 heavy (non-hydrogen) atoms. The molecule has 0 radical (unpaired) electrons. The number of amides is 2. The summed E-state index contributed by atoms with van der Waals surface area (Å²) < 4.78 is 5.08. The first-order chi connectivity index (χ1) is 11.0. The number of carbonyl (C=O) groups excluding carboxylic acids is 2. The normalized spacial score (nSPS) is 11.6. The van der Waals surface area contributed by atoms with E-state index < -0.39 is 17.9 Å². The fourth-order valence-corrected chi connectivity index (χ4v) is 2.31. The molecule has 1 atom stereocenters. The number of hydrogen-bond acceptors (Lipinski definition) is 3. The predicted molar refractivity (Wildman–Crippen MR) is 88.6 cm³/mol. The standard InChI is InChI=1S/C17H17ClN2O3/c1-23-15-10-12(7-8-13(15)18)17(22)20-14(16(19)21)9-11-5-3-2-4-6-11/h2-8,10,14H,9H2,1H3,(H2,19,21)(H,20,22)/t14-/m1/s1. The van der Waals surface area contributed by atoms with Gasteiger partial charge in [0.25, 0.3) is 5.91 Å². The molecule has 2 rings (SSSR count). The van der Waals surface area contributed by atoms with E-state index in [9.17, 15) is 9.59 Å². The molecule has 0 unspecified atom stereocenters. The summed E-state index contributed by atoms with van der Waals surface area (Å²) >= 11 is 5.93. The highest BCUT2D eigenvalue weighted by Crippen LogP contribution is 2.25. The zero-order valence-electron chi connectivity index (χ0n) is 12.6. The number of rotatable bonds is 6. The minimum Gasteiger partial charge on any atom is -0.495 e. The van der Waals surface area contributed by atoms with E-state index in [1.54, 1.807) is 12.1 Å². The molecule has 5 nitrogen and oxygen atoms in total. The molecule has 2 aromatic rings. The second kappa shape index (κ2) is 7.65. The molecule has 0 aliphatic rings. The van der Waals surface area contributed by atoms with Gasteiger partial charge in [0.15, 0.2) is 0 Å². The number of benzene rings is 2. The van der Waals surface area contributed by atoms with Crippen LogP contribution in [0.5, 0.6) is 5.75 Å². The van der Waals surface area contributed by atoms with E-state index in [1.807, 2.05) is 30.3 Å². The topological polar surface area (TPSA) is 81.4 Å². The Hall–Kier alpha value is -2.53. The summed E-state index contributed by atoms with van der Waals surface area (Å²) in [5.41, 5.74) is 6.64. The molecule has 0 heterocycles. The summed E-state index contributed by atoms with van der Waals surface area (Å²) in [5, 5.41) is 3.04. The lowest BCUT2D eigenvalue weighted by atomic mass is 10.0. The minimum atomic E-state index is -0.799. The molecule has 0 bridgehead atoms. The number of nitrogens with two attached hydrogens (primary N) is 1. The molecule has 3 N–H and O–H groups in total. The van der Waals surface area contributed by atoms with Gasteiger partial charge in [0.1, 0.15) is 11.8 Å². The van der Waals surface area contributed by atoms with Crippen molar-refractivity contribution in [2.45, 2.75) is 12.5 Å². The molecule has 0 aliphatic carbocycles. The maximum Gasteiger partial charge on any atom is 0.252 e. The third-order valence-electron chi connectivity index (χ3n) is 3.34. The number of ether oxygens (including phenoxy) is 1. The van der Waals surface area contributed by atoms with Crippen LogP contribution in [0.4, 0.5) is 0 Å². The fraction of sp³-hybridized carbons (Fsp3) is 0.176. The van der Waals surface area contributed by atoms with Crippen LogP contribution in [-0.4, -0.2) is 25.0 Å². The van der Waals surface area contributed by atoms with Gasteiger partial charge in [0, 0.05) is 12.0 Å². The van der Waals surface area contributed by atoms with E-state index in [-0.39, 0.29) is 0 Å². The van der Waals surface area contributed by atoms with E-state index in [0.29, 0.717) is 22.8 Å². The van der Waals surface area contributed by atoms with Crippen molar-refractivity contribution in [3.8, 4) is 5.75 Å². The molecular formula is C17H17ClN2O3. The third kappa shape index (κ3) is 4.47. The van der Waals surface area contributed by atoms with E-state index in [4.69, 9.17) is 22.1 Å². The highest BCUT2D eigenvalue weighted by Gasteiger charge is 2.20. The van der Waals surface area contributed by atoms with Crippen LogP contribution in [0.25, 0.3) is 0 Å². The van der Waals surface area contributed by atoms with Crippen LogP contribution >= 0.6 is 11.6 Å². The summed E-state index contributed by atoms with van der Waals surface area (Å²) in [6.45, 7) is 0. The zero-order valence-corrected chi connectivity index (χ0v) is 13.3. The van der Waals surface area contributed by atoms with Crippen molar-refractivity contribution in [2.75, 3.05) is 7.11 Å². The number of methoxy groups -OCH3 is 1. The van der Waals surface area contributed by atoms with E-state index in [1.165, 1.54) is 13.2 Å². The maximum atomic E-state index is 12.3. The van der Waals surface area contributed by atoms with E-state index in [0.717, 1.165) is 5.56 Å². The molecule has 0 saturated carbocycles. The molecule has 0 aromatic heterocycles. The Labute approximate surface area is 139 Å². The number of hydrogen-bond donors (Lipinski definition) is 2. The average Bonchev–Trinajstić information content (AvgIpc) is 2.55. The largest absolute Gasteiger partial charge is 0.495 e. The van der Waals surface area contributed by atoms with Crippen molar-refractivity contribution in [3.05, 3.63) is 64.7 Å².